The van der Waals surface area contributed by atoms with Crippen LogP contribution in [0.1, 0.15) is 76.7 Å². The van der Waals surface area contributed by atoms with E-state index in [4.69, 9.17) is 9.47 Å². The summed E-state index contributed by atoms with van der Waals surface area (Å²) in [5.74, 6) is 1.52. The van der Waals surface area contributed by atoms with Gasteiger partial charge in [-0.25, -0.2) is 15.0 Å². The highest BCUT2D eigenvalue weighted by molar-refractivity contribution is 6.03. The molecule has 4 bridgehead atoms. The summed E-state index contributed by atoms with van der Waals surface area (Å²) in [5, 5.41) is 12.8. The minimum absolute atomic E-state index is 0.0713. The highest BCUT2D eigenvalue weighted by atomic mass is 19.4. The van der Waals surface area contributed by atoms with Gasteiger partial charge in [-0.05, 0) is 73.2 Å². The number of ether oxygens (including phenoxy) is 2. The van der Waals surface area contributed by atoms with Crippen molar-refractivity contribution in [1.29, 1.82) is 0 Å². The molecule has 6 atom stereocenters. The molecule has 0 radical (unpaired) electrons. The average Bonchev–Trinajstić information content (AvgIpc) is 3.42. The normalized spacial score (nSPS) is 26.7. The molecular formula is C36H36F3N7O3. The maximum atomic E-state index is 12.5. The fourth-order valence-electron chi connectivity index (χ4n) is 6.87. The number of carbonyl (C=O) groups is 1. The number of pyridine rings is 1. The Balaban J connectivity index is 0.000000142. The summed E-state index contributed by atoms with van der Waals surface area (Å²) < 4.78 is 49.5. The monoisotopic (exact) mass is 671 g/mol. The number of halogens is 3. The molecule has 4 N–H and O–H groups in total. The second-order valence-electron chi connectivity index (χ2n) is 13.2. The van der Waals surface area contributed by atoms with E-state index in [0.29, 0.717) is 41.6 Å². The molecule has 49 heavy (non-hydrogen) atoms. The van der Waals surface area contributed by atoms with E-state index in [-0.39, 0.29) is 18.1 Å². The molecule has 2 aromatic carbocycles. The molecule has 5 fully saturated rings. The van der Waals surface area contributed by atoms with E-state index in [2.05, 4.69) is 36.2 Å². The summed E-state index contributed by atoms with van der Waals surface area (Å²) in [6.07, 6.45) is 4.93. The third kappa shape index (κ3) is 7.16. The first kappa shape index (κ1) is 31.8. The van der Waals surface area contributed by atoms with Gasteiger partial charge in [-0.2, -0.15) is 13.2 Å². The fraction of sp³-hybridized carbons (Fsp3) is 0.389. The van der Waals surface area contributed by atoms with Crippen molar-refractivity contribution in [1.82, 2.24) is 25.6 Å². The van der Waals surface area contributed by atoms with Crippen molar-refractivity contribution < 1.29 is 27.4 Å². The molecular weight excluding hydrogens is 635 g/mol. The minimum atomic E-state index is -4.37. The Hall–Kier alpha value is -4.43. The summed E-state index contributed by atoms with van der Waals surface area (Å²) in [6, 6.07) is 18.7. The van der Waals surface area contributed by atoms with Crippen LogP contribution in [0, 0.1) is 0 Å². The number of aromatic nitrogens is 3. The smallest absolute Gasteiger partial charge is 0.367 e. The van der Waals surface area contributed by atoms with Crippen molar-refractivity contribution >= 4 is 23.1 Å². The van der Waals surface area contributed by atoms with Crippen molar-refractivity contribution in [3.8, 4) is 0 Å². The standard InChI is InChI=1S/C19H20N4O2.C17H16F3N3O/c24-19(13-8-21-18(22-9-13)12-1-2-12)23-14-5-3-11(4-6-14)17-16-7-15(25-17)10-20-16;18-17(19,20)11-3-6-15(22-8-11)23-12-4-1-10(2-5-12)16-14-7-13(24-16)9-21-14/h3-6,8-9,12,15-17,20H,1-2,7,10H2,(H,23,24);1-6,8,13-14,16,21H,7,9H2,(H,22,23)/t15-,16-,17+;13-,14-,16+/m00/s1. The van der Waals surface area contributed by atoms with E-state index in [0.717, 1.165) is 79.4 Å². The number of rotatable bonds is 7. The van der Waals surface area contributed by atoms with Crippen LogP contribution in [0.4, 0.5) is 30.4 Å². The van der Waals surface area contributed by atoms with Gasteiger partial charge in [0.25, 0.3) is 5.91 Å². The highest BCUT2D eigenvalue weighted by Crippen LogP contribution is 2.39. The maximum Gasteiger partial charge on any atom is 0.417 e. The number of nitrogens with one attached hydrogen (secondary N) is 4. The van der Waals surface area contributed by atoms with Crippen LogP contribution in [0.2, 0.25) is 0 Å². The van der Waals surface area contributed by atoms with Gasteiger partial charge in [0.15, 0.2) is 0 Å². The van der Waals surface area contributed by atoms with Crippen LogP contribution < -0.4 is 21.3 Å². The van der Waals surface area contributed by atoms with Crippen molar-refractivity contribution in [2.45, 2.75) is 74.3 Å². The third-order valence-electron chi connectivity index (χ3n) is 9.63. The zero-order chi connectivity index (χ0) is 33.5. The first-order valence-electron chi connectivity index (χ1n) is 16.7. The van der Waals surface area contributed by atoms with Crippen LogP contribution >= 0.6 is 0 Å². The molecule has 10 nitrogen and oxygen atoms in total. The minimum Gasteiger partial charge on any atom is -0.367 e. The molecule has 0 unspecified atom stereocenters. The van der Waals surface area contributed by atoms with Gasteiger partial charge in [0.2, 0.25) is 0 Å². The van der Waals surface area contributed by atoms with Gasteiger partial charge in [-0.1, -0.05) is 24.3 Å². The molecule has 6 heterocycles. The Morgan fingerprint density at radius 1 is 0.735 bits per heavy atom. The fourth-order valence-corrected chi connectivity index (χ4v) is 6.87. The Kier molecular flexibility index (Phi) is 8.52. The summed E-state index contributed by atoms with van der Waals surface area (Å²) in [7, 11) is 0. The number of nitrogens with zero attached hydrogens (tertiary/aromatic N) is 3. The lowest BCUT2D eigenvalue weighted by molar-refractivity contribution is -0.137. The molecule has 2 aromatic heterocycles. The Bertz CT molecular complexity index is 1770. The van der Waals surface area contributed by atoms with Crippen LogP contribution in [-0.2, 0) is 15.7 Å². The number of fused-ring (bicyclic) bond motifs is 4. The number of benzene rings is 2. The van der Waals surface area contributed by atoms with Gasteiger partial charge in [0, 0.05) is 61.1 Å². The molecule has 1 aliphatic carbocycles. The van der Waals surface area contributed by atoms with E-state index in [9.17, 15) is 18.0 Å². The molecule has 4 aromatic rings. The van der Waals surface area contributed by atoms with Crippen LogP contribution in [0.25, 0.3) is 0 Å². The predicted octanol–water partition coefficient (Wildman–Crippen LogP) is 6.05. The summed E-state index contributed by atoms with van der Waals surface area (Å²) >= 11 is 0. The number of morpholine rings is 2. The second kappa shape index (κ2) is 13.1. The maximum absolute atomic E-state index is 12.5. The molecule has 4 aliphatic heterocycles. The number of hydrogen-bond acceptors (Lipinski definition) is 9. The van der Waals surface area contributed by atoms with Crippen LogP contribution in [-0.4, -0.2) is 58.2 Å². The van der Waals surface area contributed by atoms with Crippen LogP contribution in [0.3, 0.4) is 0 Å². The molecule has 1 amide bonds. The van der Waals surface area contributed by atoms with Crippen molar-refractivity contribution in [3.05, 3.63) is 107 Å². The topological polar surface area (TPSA) is 122 Å². The van der Waals surface area contributed by atoms with Gasteiger partial charge in [-0.3, -0.25) is 4.79 Å². The lowest BCUT2D eigenvalue weighted by Crippen LogP contribution is -2.33. The summed E-state index contributed by atoms with van der Waals surface area (Å²) in [5.41, 5.74) is 3.49. The lowest BCUT2D eigenvalue weighted by Gasteiger charge is -2.23. The third-order valence-corrected chi connectivity index (χ3v) is 9.63. The molecule has 9 rings (SSSR count). The number of anilines is 3. The molecule has 13 heteroatoms. The first-order chi connectivity index (χ1) is 23.7. The SMILES string of the molecule is FC(F)(F)c1ccc(Nc2ccc([C@H]3O[C@@H]4CN[C@H]3C4)cc2)nc1.O=C(Nc1ccc([C@H]2O[C@@H]3CN[C@H]2C3)cc1)c1cnc(C2CC2)nc1. The Morgan fingerprint density at radius 2 is 1.31 bits per heavy atom. The Morgan fingerprint density at radius 3 is 1.76 bits per heavy atom. The molecule has 5 aliphatic rings. The van der Waals surface area contributed by atoms with Gasteiger partial charge >= 0.3 is 6.18 Å². The van der Waals surface area contributed by atoms with Gasteiger partial charge in [0.1, 0.15) is 11.6 Å². The van der Waals surface area contributed by atoms with Crippen molar-refractivity contribution in [2.75, 3.05) is 23.7 Å². The molecule has 4 saturated heterocycles. The zero-order valence-electron chi connectivity index (χ0n) is 26.5. The van der Waals surface area contributed by atoms with E-state index < -0.39 is 11.7 Å². The van der Waals surface area contributed by atoms with Crippen LogP contribution in [0.15, 0.2) is 79.3 Å². The summed E-state index contributed by atoms with van der Waals surface area (Å²) in [4.78, 5) is 24.7. The molecule has 0 spiro atoms. The first-order valence-corrected chi connectivity index (χ1v) is 16.7. The van der Waals surface area contributed by atoms with Crippen LogP contribution in [0.5, 0.6) is 0 Å². The number of alkyl halides is 3. The number of hydrogen-bond donors (Lipinski definition) is 4. The van der Waals surface area contributed by atoms with E-state index in [1.165, 1.54) is 6.07 Å². The van der Waals surface area contributed by atoms with Crippen molar-refractivity contribution in [2.24, 2.45) is 0 Å². The average molecular weight is 672 g/mol. The zero-order valence-corrected chi connectivity index (χ0v) is 26.5. The quantitative estimate of drug-likeness (QED) is 0.186. The molecule has 254 valence electrons. The second-order valence-corrected chi connectivity index (χ2v) is 13.2. The van der Waals surface area contributed by atoms with E-state index in [1.807, 2.05) is 48.5 Å². The molecule has 1 saturated carbocycles. The van der Waals surface area contributed by atoms with Gasteiger partial charge in [0.05, 0.1) is 35.5 Å². The van der Waals surface area contributed by atoms with Gasteiger partial charge < -0.3 is 30.7 Å². The van der Waals surface area contributed by atoms with Crippen molar-refractivity contribution in [3.63, 3.8) is 0 Å². The summed E-state index contributed by atoms with van der Waals surface area (Å²) in [6.45, 7) is 1.87. The van der Waals surface area contributed by atoms with Gasteiger partial charge in [-0.15, -0.1) is 0 Å². The number of carbonyl (C=O) groups excluding carboxylic acids is 1. The predicted molar refractivity (Wildman–Crippen MR) is 175 cm³/mol. The van der Waals surface area contributed by atoms with E-state index in [1.54, 1.807) is 12.4 Å². The lowest BCUT2D eigenvalue weighted by atomic mass is 10.0. The van der Waals surface area contributed by atoms with E-state index >= 15 is 0 Å². The largest absolute Gasteiger partial charge is 0.417 e. The Labute approximate surface area is 281 Å². The number of amides is 1. The highest BCUT2D eigenvalue weighted by Gasteiger charge is 2.42.